The first-order valence-electron chi connectivity index (χ1n) is 9.60. The van der Waals surface area contributed by atoms with E-state index in [1.165, 1.54) is 96.3 Å². The number of rotatable bonds is 16. The Balaban J connectivity index is 2.96. The van der Waals surface area contributed by atoms with Crippen LogP contribution in [0, 0.1) is 12.8 Å². The van der Waals surface area contributed by atoms with Gasteiger partial charge >= 0.3 is 0 Å². The molecule has 0 aromatic heterocycles. The molecule has 121 valence electrons. The van der Waals surface area contributed by atoms with E-state index in [1.54, 1.807) is 0 Å². The van der Waals surface area contributed by atoms with Crippen LogP contribution in [0.2, 0.25) is 0 Å². The van der Waals surface area contributed by atoms with E-state index < -0.39 is 0 Å². The Morgan fingerprint density at radius 1 is 0.600 bits per heavy atom. The minimum absolute atomic E-state index is 0.840. The van der Waals surface area contributed by atoms with Gasteiger partial charge in [0.2, 0.25) is 0 Å². The first-order chi connectivity index (χ1) is 9.81. The smallest absolute Gasteiger partial charge is 0.0443 e. The van der Waals surface area contributed by atoms with Gasteiger partial charge in [-0.15, -0.1) is 0 Å². The van der Waals surface area contributed by atoms with Crippen LogP contribution in [0.5, 0.6) is 0 Å². The standard InChI is InChI=1S/C20H41/c1-4-6-7-8-9-10-11-12-13-14-15-16-17-18-19-20(3)5-2/h20H,2,4-19H2,1,3H3. The van der Waals surface area contributed by atoms with Crippen molar-refractivity contribution in [2.75, 3.05) is 0 Å². The first-order valence-corrected chi connectivity index (χ1v) is 9.60. The van der Waals surface area contributed by atoms with Gasteiger partial charge in [-0.1, -0.05) is 124 Å². The third kappa shape index (κ3) is 16.1. The Morgan fingerprint density at radius 3 is 1.30 bits per heavy atom. The zero-order chi connectivity index (χ0) is 14.9. The van der Waals surface area contributed by atoms with Gasteiger partial charge < -0.3 is 0 Å². The Bertz CT molecular complexity index is 161. The fraction of sp³-hybridized carbons (Fsp3) is 0.950. The molecule has 0 aromatic rings. The SMILES string of the molecule is [CH2]CC(C)CCCCCCCCCCCCCCCC. The molecule has 0 aliphatic rings. The summed E-state index contributed by atoms with van der Waals surface area (Å²) < 4.78 is 0. The molecule has 0 nitrogen and oxygen atoms in total. The highest BCUT2D eigenvalue weighted by Gasteiger charge is 1.98. The molecule has 20 heavy (non-hydrogen) atoms. The summed E-state index contributed by atoms with van der Waals surface area (Å²) in [5, 5.41) is 0. The molecule has 0 rings (SSSR count). The highest BCUT2D eigenvalue weighted by atomic mass is 14.0. The Labute approximate surface area is 130 Å². The van der Waals surface area contributed by atoms with Crippen molar-refractivity contribution in [1.82, 2.24) is 0 Å². The predicted molar refractivity (Wildman–Crippen MR) is 94.1 cm³/mol. The topological polar surface area (TPSA) is 0 Å². The summed E-state index contributed by atoms with van der Waals surface area (Å²) >= 11 is 0. The van der Waals surface area contributed by atoms with Gasteiger partial charge in [-0.05, 0) is 5.92 Å². The zero-order valence-corrected chi connectivity index (χ0v) is 14.6. The minimum atomic E-state index is 0.840. The molecule has 1 atom stereocenters. The van der Waals surface area contributed by atoms with Crippen molar-refractivity contribution >= 4 is 0 Å². The van der Waals surface area contributed by atoms with Crippen LogP contribution in [-0.2, 0) is 0 Å². The summed E-state index contributed by atoms with van der Waals surface area (Å²) in [7, 11) is 0. The lowest BCUT2D eigenvalue weighted by Crippen LogP contribution is -1.91. The van der Waals surface area contributed by atoms with E-state index in [1.807, 2.05) is 0 Å². The lowest BCUT2D eigenvalue weighted by Gasteiger charge is -2.07. The fourth-order valence-corrected chi connectivity index (χ4v) is 2.83. The summed E-state index contributed by atoms with van der Waals surface area (Å²) in [5.74, 6) is 0.840. The van der Waals surface area contributed by atoms with Crippen molar-refractivity contribution in [3.63, 3.8) is 0 Å². The van der Waals surface area contributed by atoms with Crippen molar-refractivity contribution < 1.29 is 0 Å². The molecule has 0 saturated carbocycles. The highest BCUT2D eigenvalue weighted by Crippen LogP contribution is 2.15. The Morgan fingerprint density at radius 2 is 0.950 bits per heavy atom. The molecule has 0 heterocycles. The monoisotopic (exact) mass is 281 g/mol. The quantitative estimate of drug-likeness (QED) is 0.254. The lowest BCUT2D eigenvalue weighted by atomic mass is 9.99. The molecular weight excluding hydrogens is 240 g/mol. The zero-order valence-electron chi connectivity index (χ0n) is 14.6. The fourth-order valence-electron chi connectivity index (χ4n) is 2.83. The normalized spacial score (nSPS) is 12.8. The second-order valence-corrected chi connectivity index (χ2v) is 6.78. The molecule has 0 heteroatoms. The second kappa shape index (κ2) is 17.1. The van der Waals surface area contributed by atoms with Crippen LogP contribution in [-0.4, -0.2) is 0 Å². The van der Waals surface area contributed by atoms with Crippen LogP contribution in [0.1, 0.15) is 117 Å². The van der Waals surface area contributed by atoms with Crippen LogP contribution in [0.4, 0.5) is 0 Å². The highest BCUT2D eigenvalue weighted by molar-refractivity contribution is 4.55. The molecule has 0 N–H and O–H groups in total. The maximum absolute atomic E-state index is 3.97. The molecule has 0 spiro atoms. The van der Waals surface area contributed by atoms with Crippen LogP contribution in [0.15, 0.2) is 0 Å². The van der Waals surface area contributed by atoms with Crippen LogP contribution >= 0.6 is 0 Å². The molecule has 0 aromatic carbocycles. The van der Waals surface area contributed by atoms with Gasteiger partial charge in [0.05, 0.1) is 0 Å². The van der Waals surface area contributed by atoms with Gasteiger partial charge in [0.15, 0.2) is 0 Å². The van der Waals surface area contributed by atoms with Crippen LogP contribution in [0.3, 0.4) is 0 Å². The van der Waals surface area contributed by atoms with Gasteiger partial charge in [0.1, 0.15) is 0 Å². The van der Waals surface area contributed by atoms with Crippen molar-refractivity contribution in [1.29, 1.82) is 0 Å². The average Bonchev–Trinajstić information content (AvgIpc) is 2.47. The predicted octanol–water partition coefficient (Wildman–Crippen LogP) is 7.72. The first kappa shape index (κ1) is 20.0. The second-order valence-electron chi connectivity index (χ2n) is 6.78. The minimum Gasteiger partial charge on any atom is -0.0654 e. The maximum atomic E-state index is 3.97. The van der Waals surface area contributed by atoms with Gasteiger partial charge in [0, 0.05) is 0 Å². The molecule has 0 fully saturated rings. The Hall–Kier alpha value is 0. The summed E-state index contributed by atoms with van der Waals surface area (Å²) in [4.78, 5) is 0. The largest absolute Gasteiger partial charge is 0.0654 e. The van der Waals surface area contributed by atoms with E-state index in [9.17, 15) is 0 Å². The molecule has 0 saturated heterocycles. The van der Waals surface area contributed by atoms with E-state index in [2.05, 4.69) is 20.8 Å². The Kier molecular flexibility index (Phi) is 17.1. The van der Waals surface area contributed by atoms with E-state index >= 15 is 0 Å². The summed E-state index contributed by atoms with van der Waals surface area (Å²) in [6, 6.07) is 0. The maximum Gasteiger partial charge on any atom is -0.0443 e. The average molecular weight is 282 g/mol. The van der Waals surface area contributed by atoms with E-state index in [0.29, 0.717) is 0 Å². The van der Waals surface area contributed by atoms with E-state index in [4.69, 9.17) is 0 Å². The third-order valence-corrected chi connectivity index (χ3v) is 4.54. The van der Waals surface area contributed by atoms with Crippen LogP contribution in [0.25, 0.3) is 0 Å². The van der Waals surface area contributed by atoms with E-state index in [-0.39, 0.29) is 0 Å². The molecule has 0 aliphatic carbocycles. The van der Waals surface area contributed by atoms with Crippen molar-refractivity contribution in [2.45, 2.75) is 117 Å². The number of hydrogen-bond acceptors (Lipinski definition) is 0. The van der Waals surface area contributed by atoms with E-state index in [0.717, 1.165) is 12.3 Å². The van der Waals surface area contributed by atoms with Gasteiger partial charge in [-0.2, -0.15) is 0 Å². The molecule has 1 unspecified atom stereocenters. The van der Waals surface area contributed by atoms with Crippen LogP contribution < -0.4 is 0 Å². The third-order valence-electron chi connectivity index (χ3n) is 4.54. The molecule has 0 bridgehead atoms. The lowest BCUT2D eigenvalue weighted by molar-refractivity contribution is 0.481. The molecular formula is C20H41. The van der Waals surface area contributed by atoms with Crippen molar-refractivity contribution in [3.05, 3.63) is 6.92 Å². The van der Waals surface area contributed by atoms with Crippen molar-refractivity contribution in [3.8, 4) is 0 Å². The molecule has 0 aliphatic heterocycles. The number of hydrogen-bond donors (Lipinski definition) is 0. The summed E-state index contributed by atoms with van der Waals surface area (Å²) in [6.45, 7) is 8.59. The molecule has 0 amide bonds. The summed E-state index contributed by atoms with van der Waals surface area (Å²) in [6.07, 6.45) is 22.9. The number of unbranched alkanes of at least 4 members (excludes halogenated alkanes) is 13. The summed E-state index contributed by atoms with van der Waals surface area (Å²) in [5.41, 5.74) is 0. The van der Waals surface area contributed by atoms with Gasteiger partial charge in [-0.25, -0.2) is 0 Å². The molecule has 1 radical (unpaired) electrons. The van der Waals surface area contributed by atoms with Crippen molar-refractivity contribution in [2.24, 2.45) is 5.92 Å². The van der Waals surface area contributed by atoms with Gasteiger partial charge in [-0.3, -0.25) is 0 Å². The van der Waals surface area contributed by atoms with Gasteiger partial charge in [0.25, 0.3) is 0 Å².